The summed E-state index contributed by atoms with van der Waals surface area (Å²) in [4.78, 5) is 11.4. The van der Waals surface area contributed by atoms with E-state index in [4.69, 9.17) is 11.6 Å². The number of hydrogen-bond donors (Lipinski definition) is 1. The number of anilines is 1. The SMILES string of the molecule is C[C@@H](Cl)C(=O)Nc1nnc(SCCCc2ccccc2)s1. The van der Waals surface area contributed by atoms with Crippen LogP contribution in [0.15, 0.2) is 34.7 Å². The van der Waals surface area contributed by atoms with Crippen LogP contribution in [-0.2, 0) is 11.2 Å². The van der Waals surface area contributed by atoms with Crippen molar-refractivity contribution < 1.29 is 4.79 Å². The Hall–Kier alpha value is -1.11. The van der Waals surface area contributed by atoms with Crippen LogP contribution in [0.2, 0.25) is 0 Å². The zero-order chi connectivity index (χ0) is 15.1. The van der Waals surface area contributed by atoms with E-state index in [1.807, 2.05) is 6.07 Å². The van der Waals surface area contributed by atoms with Crippen LogP contribution in [0.3, 0.4) is 0 Å². The Bertz CT molecular complexity index is 575. The minimum Gasteiger partial charge on any atom is -0.299 e. The van der Waals surface area contributed by atoms with Crippen molar-refractivity contribution in [3.8, 4) is 0 Å². The number of alkyl halides is 1. The third-order valence-electron chi connectivity index (χ3n) is 2.68. The van der Waals surface area contributed by atoms with Crippen molar-refractivity contribution in [3.63, 3.8) is 0 Å². The number of carbonyl (C=O) groups excluding carboxylic acids is 1. The van der Waals surface area contributed by atoms with Crippen molar-refractivity contribution >= 4 is 45.7 Å². The first-order valence-corrected chi connectivity index (χ1v) is 8.84. The molecule has 0 aliphatic heterocycles. The molecule has 0 spiro atoms. The third kappa shape index (κ3) is 5.65. The summed E-state index contributed by atoms with van der Waals surface area (Å²) in [6, 6.07) is 10.4. The van der Waals surface area contributed by atoms with Crippen LogP contribution in [0, 0.1) is 0 Å². The van der Waals surface area contributed by atoms with Crippen LogP contribution in [0.1, 0.15) is 18.9 Å². The van der Waals surface area contributed by atoms with E-state index in [1.54, 1.807) is 18.7 Å². The Morgan fingerprint density at radius 2 is 2.14 bits per heavy atom. The standard InChI is InChI=1S/C14H16ClN3OS2/c1-10(15)12(19)16-13-17-18-14(21-13)20-9-5-8-11-6-3-2-4-7-11/h2-4,6-7,10H,5,8-9H2,1H3,(H,16,17,19)/t10-/m1/s1. The van der Waals surface area contributed by atoms with Gasteiger partial charge in [-0.15, -0.1) is 21.8 Å². The number of nitrogens with one attached hydrogen (secondary N) is 1. The average Bonchev–Trinajstić information content (AvgIpc) is 2.92. The van der Waals surface area contributed by atoms with Crippen molar-refractivity contribution in [1.29, 1.82) is 0 Å². The maximum Gasteiger partial charge on any atom is 0.243 e. The molecule has 0 aliphatic carbocycles. The van der Waals surface area contributed by atoms with Gasteiger partial charge in [0.2, 0.25) is 11.0 Å². The third-order valence-corrected chi connectivity index (χ3v) is 4.93. The minimum atomic E-state index is -0.573. The lowest BCUT2D eigenvalue weighted by Gasteiger charge is -2.01. The van der Waals surface area contributed by atoms with E-state index < -0.39 is 5.38 Å². The summed E-state index contributed by atoms with van der Waals surface area (Å²) in [5, 5.41) is 10.5. The number of hydrogen-bond acceptors (Lipinski definition) is 5. The number of amides is 1. The van der Waals surface area contributed by atoms with Gasteiger partial charge in [0.25, 0.3) is 0 Å². The molecule has 0 saturated carbocycles. The van der Waals surface area contributed by atoms with Crippen molar-refractivity contribution in [2.75, 3.05) is 11.1 Å². The molecule has 1 atom stereocenters. The fraction of sp³-hybridized carbons (Fsp3) is 0.357. The fourth-order valence-electron chi connectivity index (χ4n) is 1.60. The topological polar surface area (TPSA) is 54.9 Å². The molecular formula is C14H16ClN3OS2. The predicted octanol–water partition coefficient (Wildman–Crippen LogP) is 3.83. The maximum atomic E-state index is 11.4. The largest absolute Gasteiger partial charge is 0.299 e. The summed E-state index contributed by atoms with van der Waals surface area (Å²) in [5.41, 5.74) is 1.35. The van der Waals surface area contributed by atoms with Gasteiger partial charge in [-0.1, -0.05) is 53.4 Å². The van der Waals surface area contributed by atoms with Crippen molar-refractivity contribution in [2.45, 2.75) is 29.5 Å². The van der Waals surface area contributed by atoms with E-state index in [0.717, 1.165) is 22.9 Å². The van der Waals surface area contributed by atoms with Crippen LogP contribution < -0.4 is 5.32 Å². The summed E-state index contributed by atoms with van der Waals surface area (Å²) in [6.45, 7) is 1.62. The van der Waals surface area contributed by atoms with Crippen LogP contribution in [0.5, 0.6) is 0 Å². The molecule has 112 valence electrons. The predicted molar refractivity (Wildman–Crippen MR) is 89.3 cm³/mol. The van der Waals surface area contributed by atoms with Crippen LogP contribution >= 0.6 is 34.7 Å². The first-order valence-electron chi connectivity index (χ1n) is 6.60. The second kappa shape index (κ2) is 8.36. The molecule has 0 unspecified atom stereocenters. The molecule has 2 aromatic rings. The highest BCUT2D eigenvalue weighted by Gasteiger charge is 2.12. The van der Waals surface area contributed by atoms with E-state index in [0.29, 0.717) is 5.13 Å². The van der Waals surface area contributed by atoms with Crippen LogP contribution in [0.25, 0.3) is 0 Å². The normalized spacial score (nSPS) is 12.1. The Balaban J connectivity index is 1.72. The molecule has 2 rings (SSSR count). The van der Waals surface area contributed by atoms with Crippen LogP contribution in [-0.4, -0.2) is 27.2 Å². The molecule has 0 saturated heterocycles. The Kier molecular flexibility index (Phi) is 6.48. The fourth-order valence-corrected chi connectivity index (χ4v) is 3.42. The van der Waals surface area contributed by atoms with Gasteiger partial charge in [-0.3, -0.25) is 10.1 Å². The number of nitrogens with zero attached hydrogens (tertiary/aromatic N) is 2. The number of benzene rings is 1. The first-order chi connectivity index (χ1) is 10.1. The Morgan fingerprint density at radius 1 is 1.38 bits per heavy atom. The second-order valence-corrected chi connectivity index (χ2v) is 7.39. The van der Waals surface area contributed by atoms with Gasteiger partial charge in [-0.05, 0) is 25.3 Å². The molecular weight excluding hydrogens is 326 g/mol. The number of halogens is 1. The molecule has 1 aromatic carbocycles. The van der Waals surface area contributed by atoms with E-state index in [9.17, 15) is 4.79 Å². The molecule has 0 fully saturated rings. The van der Waals surface area contributed by atoms with Gasteiger partial charge < -0.3 is 0 Å². The average molecular weight is 342 g/mol. The van der Waals surface area contributed by atoms with E-state index in [-0.39, 0.29) is 5.91 Å². The molecule has 1 aromatic heterocycles. The van der Waals surface area contributed by atoms with Gasteiger partial charge in [-0.25, -0.2) is 0 Å². The van der Waals surface area contributed by atoms with Gasteiger partial charge in [0, 0.05) is 5.75 Å². The van der Waals surface area contributed by atoms with Gasteiger partial charge in [0.1, 0.15) is 5.38 Å². The molecule has 21 heavy (non-hydrogen) atoms. The summed E-state index contributed by atoms with van der Waals surface area (Å²) in [7, 11) is 0. The summed E-state index contributed by atoms with van der Waals surface area (Å²) < 4.78 is 0.862. The lowest BCUT2D eigenvalue weighted by molar-refractivity contribution is -0.115. The monoisotopic (exact) mass is 341 g/mol. The maximum absolute atomic E-state index is 11.4. The molecule has 0 aliphatic rings. The molecule has 7 heteroatoms. The van der Waals surface area contributed by atoms with Gasteiger partial charge in [0.05, 0.1) is 0 Å². The molecule has 4 nitrogen and oxygen atoms in total. The van der Waals surface area contributed by atoms with E-state index in [2.05, 4.69) is 39.8 Å². The summed E-state index contributed by atoms with van der Waals surface area (Å²) in [5.74, 6) is 0.720. The molecule has 0 bridgehead atoms. The number of aryl methyl sites for hydroxylation is 1. The highest BCUT2D eigenvalue weighted by atomic mass is 35.5. The summed E-state index contributed by atoms with van der Waals surface area (Å²) >= 11 is 8.72. The number of rotatable bonds is 7. The van der Waals surface area contributed by atoms with Gasteiger partial charge >= 0.3 is 0 Å². The Morgan fingerprint density at radius 3 is 2.86 bits per heavy atom. The molecule has 1 N–H and O–H groups in total. The van der Waals surface area contributed by atoms with Crippen LogP contribution in [0.4, 0.5) is 5.13 Å². The quantitative estimate of drug-likeness (QED) is 0.360. The van der Waals surface area contributed by atoms with Crippen molar-refractivity contribution in [3.05, 3.63) is 35.9 Å². The van der Waals surface area contributed by atoms with Crippen molar-refractivity contribution in [2.24, 2.45) is 0 Å². The molecule has 1 amide bonds. The zero-order valence-electron chi connectivity index (χ0n) is 11.6. The van der Waals surface area contributed by atoms with Gasteiger partial charge in [-0.2, -0.15) is 0 Å². The lowest BCUT2D eigenvalue weighted by atomic mass is 10.1. The van der Waals surface area contributed by atoms with E-state index >= 15 is 0 Å². The van der Waals surface area contributed by atoms with Crippen molar-refractivity contribution in [1.82, 2.24) is 10.2 Å². The Labute approximate surface area is 137 Å². The van der Waals surface area contributed by atoms with Gasteiger partial charge in [0.15, 0.2) is 4.34 Å². The molecule has 0 radical (unpaired) electrons. The number of thioether (sulfide) groups is 1. The minimum absolute atomic E-state index is 0.256. The number of carbonyl (C=O) groups is 1. The smallest absolute Gasteiger partial charge is 0.243 e. The summed E-state index contributed by atoms with van der Waals surface area (Å²) in [6.07, 6.45) is 2.13. The highest BCUT2D eigenvalue weighted by molar-refractivity contribution is 8.01. The second-order valence-electron chi connectivity index (χ2n) is 4.42. The zero-order valence-corrected chi connectivity index (χ0v) is 14.0. The highest BCUT2D eigenvalue weighted by Crippen LogP contribution is 2.26. The first kappa shape index (κ1) is 16.3. The number of aromatic nitrogens is 2. The van der Waals surface area contributed by atoms with E-state index in [1.165, 1.54) is 16.9 Å². The molecule has 1 heterocycles. The lowest BCUT2D eigenvalue weighted by Crippen LogP contribution is -2.20.